The molecule has 1 aliphatic rings. The van der Waals surface area contributed by atoms with Crippen LogP contribution in [-0.2, 0) is 9.53 Å². The van der Waals surface area contributed by atoms with Gasteiger partial charge < -0.3 is 19.4 Å². The molecule has 34 heavy (non-hydrogen) atoms. The molecule has 1 aliphatic heterocycles. The summed E-state index contributed by atoms with van der Waals surface area (Å²) in [5.74, 6) is 0.342. The number of piperazine rings is 1. The number of non-ortho nitro benzene ring substituents is 1. The standard InChI is InChI=1S/C22H24N6O6/c1-3-33-22(30)18-14(2)34-21-19(18)20(23-13-24-21)27-10-8-26(9-11-27)12-17(29)25-15-4-6-16(7-5-15)28(31)32/h4-7,13H,3,8-12H2,1-2H3,(H,25,29). The number of esters is 1. The fraction of sp³-hybridized carbons (Fsp3) is 0.364. The van der Waals surface area contributed by atoms with Crippen LogP contribution in [0.25, 0.3) is 11.1 Å². The molecular formula is C22H24N6O6. The van der Waals surface area contributed by atoms with Gasteiger partial charge in [-0.15, -0.1) is 0 Å². The number of ether oxygens (including phenoxy) is 1. The Hall–Kier alpha value is -4.06. The van der Waals surface area contributed by atoms with Crippen molar-refractivity contribution < 1.29 is 23.7 Å². The first-order chi connectivity index (χ1) is 16.4. The molecule has 12 nitrogen and oxygen atoms in total. The van der Waals surface area contributed by atoms with Crippen molar-refractivity contribution in [1.82, 2.24) is 14.9 Å². The summed E-state index contributed by atoms with van der Waals surface area (Å²) in [6.45, 7) is 6.24. The van der Waals surface area contributed by atoms with Crippen molar-refractivity contribution in [2.75, 3.05) is 49.5 Å². The average molecular weight is 468 g/mol. The van der Waals surface area contributed by atoms with Gasteiger partial charge in [-0.3, -0.25) is 19.8 Å². The van der Waals surface area contributed by atoms with E-state index in [-0.39, 0.29) is 24.7 Å². The summed E-state index contributed by atoms with van der Waals surface area (Å²) in [7, 11) is 0. The molecule has 3 heterocycles. The molecule has 1 amide bonds. The van der Waals surface area contributed by atoms with Crippen LogP contribution in [0.15, 0.2) is 35.0 Å². The van der Waals surface area contributed by atoms with Crippen molar-refractivity contribution in [1.29, 1.82) is 0 Å². The number of fused-ring (bicyclic) bond motifs is 1. The summed E-state index contributed by atoms with van der Waals surface area (Å²) in [5.41, 5.74) is 1.12. The van der Waals surface area contributed by atoms with Crippen LogP contribution in [0.5, 0.6) is 0 Å². The van der Waals surface area contributed by atoms with E-state index >= 15 is 0 Å². The number of hydrogen-bond acceptors (Lipinski definition) is 10. The zero-order valence-corrected chi connectivity index (χ0v) is 18.8. The van der Waals surface area contributed by atoms with Crippen LogP contribution in [0.1, 0.15) is 23.0 Å². The number of amides is 1. The van der Waals surface area contributed by atoms with Crippen LogP contribution in [-0.4, -0.2) is 71.0 Å². The number of nitrogens with zero attached hydrogens (tertiary/aromatic N) is 5. The van der Waals surface area contributed by atoms with Gasteiger partial charge in [0.1, 0.15) is 23.5 Å². The molecule has 0 saturated carbocycles. The Morgan fingerprint density at radius 1 is 1.18 bits per heavy atom. The van der Waals surface area contributed by atoms with Crippen molar-refractivity contribution in [2.24, 2.45) is 0 Å². The van der Waals surface area contributed by atoms with Gasteiger partial charge in [0.2, 0.25) is 11.6 Å². The fourth-order valence-electron chi connectivity index (χ4n) is 3.91. The van der Waals surface area contributed by atoms with Gasteiger partial charge in [0.15, 0.2) is 0 Å². The molecule has 2 aromatic heterocycles. The van der Waals surface area contributed by atoms with E-state index in [2.05, 4.69) is 15.3 Å². The lowest BCUT2D eigenvalue weighted by Gasteiger charge is -2.35. The highest BCUT2D eigenvalue weighted by Gasteiger charge is 2.28. The summed E-state index contributed by atoms with van der Waals surface area (Å²) in [6.07, 6.45) is 1.40. The number of carbonyl (C=O) groups is 2. The molecule has 0 atom stereocenters. The third kappa shape index (κ3) is 4.81. The first-order valence-electron chi connectivity index (χ1n) is 10.8. The minimum Gasteiger partial charge on any atom is -0.462 e. The second kappa shape index (κ2) is 9.83. The number of nitro benzene ring substituents is 1. The fourth-order valence-corrected chi connectivity index (χ4v) is 3.91. The zero-order chi connectivity index (χ0) is 24.2. The van der Waals surface area contributed by atoms with E-state index in [1.165, 1.54) is 30.6 Å². The average Bonchev–Trinajstić information content (AvgIpc) is 3.16. The predicted molar refractivity (Wildman–Crippen MR) is 123 cm³/mol. The molecule has 0 radical (unpaired) electrons. The van der Waals surface area contributed by atoms with Crippen molar-refractivity contribution in [3.8, 4) is 0 Å². The van der Waals surface area contributed by atoms with Crippen LogP contribution < -0.4 is 10.2 Å². The van der Waals surface area contributed by atoms with Crippen molar-refractivity contribution in [3.63, 3.8) is 0 Å². The number of aryl methyl sites for hydroxylation is 1. The molecular weight excluding hydrogens is 444 g/mol. The number of hydrogen-bond donors (Lipinski definition) is 1. The van der Waals surface area contributed by atoms with Gasteiger partial charge >= 0.3 is 5.97 Å². The summed E-state index contributed by atoms with van der Waals surface area (Å²) in [5, 5.41) is 14.0. The Kier molecular flexibility index (Phi) is 6.68. The van der Waals surface area contributed by atoms with Gasteiger partial charge in [0.05, 0.1) is 23.5 Å². The molecule has 1 aromatic carbocycles. The number of aromatic nitrogens is 2. The Morgan fingerprint density at radius 3 is 2.53 bits per heavy atom. The molecule has 0 bridgehead atoms. The van der Waals surface area contributed by atoms with Gasteiger partial charge in [0.25, 0.3) is 5.69 Å². The number of carbonyl (C=O) groups excluding carboxylic acids is 2. The lowest BCUT2D eigenvalue weighted by Crippen LogP contribution is -2.49. The van der Waals surface area contributed by atoms with Gasteiger partial charge in [-0.1, -0.05) is 0 Å². The van der Waals surface area contributed by atoms with E-state index in [9.17, 15) is 19.7 Å². The van der Waals surface area contributed by atoms with Crippen LogP contribution in [0.3, 0.4) is 0 Å². The minimum absolute atomic E-state index is 0.0353. The zero-order valence-electron chi connectivity index (χ0n) is 18.8. The lowest BCUT2D eigenvalue weighted by atomic mass is 10.1. The molecule has 1 fully saturated rings. The van der Waals surface area contributed by atoms with E-state index in [0.717, 1.165) is 0 Å². The quantitative estimate of drug-likeness (QED) is 0.312. The van der Waals surface area contributed by atoms with E-state index < -0.39 is 10.9 Å². The Balaban J connectivity index is 1.40. The summed E-state index contributed by atoms with van der Waals surface area (Å²) >= 11 is 0. The van der Waals surface area contributed by atoms with Gasteiger partial charge in [0, 0.05) is 44.0 Å². The Morgan fingerprint density at radius 2 is 1.88 bits per heavy atom. The van der Waals surface area contributed by atoms with Crippen LogP contribution in [0.2, 0.25) is 0 Å². The molecule has 0 aliphatic carbocycles. The molecule has 3 aromatic rings. The monoisotopic (exact) mass is 468 g/mol. The molecule has 4 rings (SSSR count). The molecule has 0 spiro atoms. The number of benzene rings is 1. The van der Waals surface area contributed by atoms with Crippen molar-refractivity contribution in [2.45, 2.75) is 13.8 Å². The molecule has 12 heteroatoms. The smallest absolute Gasteiger partial charge is 0.342 e. The maximum atomic E-state index is 12.5. The summed E-state index contributed by atoms with van der Waals surface area (Å²) in [6, 6.07) is 5.70. The van der Waals surface area contributed by atoms with Gasteiger partial charge in [-0.05, 0) is 26.0 Å². The maximum absolute atomic E-state index is 12.5. The number of nitrogens with one attached hydrogen (secondary N) is 1. The number of nitro groups is 1. The Labute approximate surface area is 194 Å². The predicted octanol–water partition coefficient (Wildman–Crippen LogP) is 2.38. The van der Waals surface area contributed by atoms with E-state index in [0.29, 0.717) is 60.1 Å². The van der Waals surface area contributed by atoms with Crippen LogP contribution in [0, 0.1) is 17.0 Å². The van der Waals surface area contributed by atoms with Crippen LogP contribution in [0.4, 0.5) is 17.2 Å². The summed E-state index contributed by atoms with van der Waals surface area (Å²) < 4.78 is 10.9. The van der Waals surface area contributed by atoms with Gasteiger partial charge in [-0.2, -0.15) is 0 Å². The van der Waals surface area contributed by atoms with E-state index in [1.54, 1.807) is 13.8 Å². The highest BCUT2D eigenvalue weighted by molar-refractivity contribution is 6.07. The molecule has 1 N–H and O–H groups in total. The largest absolute Gasteiger partial charge is 0.462 e. The van der Waals surface area contributed by atoms with Gasteiger partial charge in [-0.25, -0.2) is 14.8 Å². The number of furan rings is 1. The lowest BCUT2D eigenvalue weighted by molar-refractivity contribution is -0.384. The normalized spacial score (nSPS) is 14.2. The topological polar surface area (TPSA) is 144 Å². The second-order valence-electron chi connectivity index (χ2n) is 7.75. The van der Waals surface area contributed by atoms with E-state index in [4.69, 9.17) is 9.15 Å². The number of anilines is 2. The minimum atomic E-state index is -0.489. The third-order valence-corrected chi connectivity index (χ3v) is 5.52. The first kappa shape index (κ1) is 23.1. The highest BCUT2D eigenvalue weighted by atomic mass is 16.6. The Bertz CT molecular complexity index is 1220. The SMILES string of the molecule is CCOC(=O)c1c(C)oc2ncnc(N3CCN(CC(=O)Nc4ccc([N+](=O)[O-])cc4)CC3)c12. The molecule has 1 saturated heterocycles. The second-order valence-corrected chi connectivity index (χ2v) is 7.75. The number of rotatable bonds is 7. The molecule has 0 unspecified atom stereocenters. The maximum Gasteiger partial charge on any atom is 0.342 e. The molecule has 178 valence electrons. The summed E-state index contributed by atoms with van der Waals surface area (Å²) in [4.78, 5) is 47.8. The van der Waals surface area contributed by atoms with E-state index in [1.807, 2.05) is 9.80 Å². The van der Waals surface area contributed by atoms with Crippen molar-refractivity contribution >= 4 is 40.2 Å². The highest BCUT2D eigenvalue weighted by Crippen LogP contribution is 2.32. The first-order valence-corrected chi connectivity index (χ1v) is 10.8. The van der Waals surface area contributed by atoms with Crippen molar-refractivity contribution in [3.05, 3.63) is 52.0 Å². The van der Waals surface area contributed by atoms with Crippen LogP contribution >= 0.6 is 0 Å². The third-order valence-electron chi connectivity index (χ3n) is 5.52.